The van der Waals surface area contributed by atoms with E-state index in [0.29, 0.717) is 18.7 Å². The van der Waals surface area contributed by atoms with E-state index in [4.69, 9.17) is 4.74 Å². The van der Waals surface area contributed by atoms with E-state index in [1.54, 1.807) is 7.11 Å². The van der Waals surface area contributed by atoms with Gasteiger partial charge in [0, 0.05) is 45.7 Å². The quantitative estimate of drug-likeness (QED) is 0.705. The van der Waals surface area contributed by atoms with E-state index in [9.17, 15) is 9.59 Å². The summed E-state index contributed by atoms with van der Waals surface area (Å²) in [7, 11) is 1.67. The summed E-state index contributed by atoms with van der Waals surface area (Å²) in [6.07, 6.45) is 5.63. The third kappa shape index (κ3) is 4.92. The molecule has 0 N–H and O–H groups in total. The molecular formula is C23H33N3O3. The number of amides is 2. The van der Waals surface area contributed by atoms with Gasteiger partial charge >= 0.3 is 0 Å². The fourth-order valence-electron chi connectivity index (χ4n) is 4.66. The maximum atomic E-state index is 12.8. The number of benzene rings is 1. The summed E-state index contributed by atoms with van der Waals surface area (Å²) in [6, 6.07) is 7.92. The summed E-state index contributed by atoms with van der Waals surface area (Å²) in [5, 5.41) is 0. The van der Waals surface area contributed by atoms with Gasteiger partial charge in [-0.2, -0.15) is 0 Å². The molecule has 3 fully saturated rings. The van der Waals surface area contributed by atoms with E-state index < -0.39 is 0 Å². The summed E-state index contributed by atoms with van der Waals surface area (Å²) in [4.78, 5) is 32.0. The van der Waals surface area contributed by atoms with Crippen LogP contribution in [-0.4, -0.2) is 78.9 Å². The van der Waals surface area contributed by atoms with Gasteiger partial charge in [0.15, 0.2) is 0 Å². The van der Waals surface area contributed by atoms with Crippen LogP contribution >= 0.6 is 0 Å². The van der Waals surface area contributed by atoms with Gasteiger partial charge in [0.2, 0.25) is 11.8 Å². The second kappa shape index (κ2) is 9.16. The SMILES string of the molecule is COc1ccccc1CCC(=O)N1CCCN([C@H]2CCN(CC3CC3)C2=O)CC1. The fraction of sp³-hybridized carbons (Fsp3) is 0.652. The van der Waals surface area contributed by atoms with Crippen LogP contribution in [0.1, 0.15) is 37.7 Å². The molecule has 1 atom stereocenters. The number of likely N-dealkylation sites (tertiary alicyclic amines) is 1. The van der Waals surface area contributed by atoms with Crippen LogP contribution in [0.2, 0.25) is 0 Å². The number of nitrogens with zero attached hydrogens (tertiary/aromatic N) is 3. The first-order valence-corrected chi connectivity index (χ1v) is 11.1. The van der Waals surface area contributed by atoms with Gasteiger partial charge in [0.05, 0.1) is 13.2 Å². The average molecular weight is 400 g/mol. The van der Waals surface area contributed by atoms with Crippen LogP contribution in [0.5, 0.6) is 5.75 Å². The Morgan fingerprint density at radius 1 is 1.07 bits per heavy atom. The first-order valence-electron chi connectivity index (χ1n) is 11.1. The van der Waals surface area contributed by atoms with E-state index in [0.717, 1.165) is 69.3 Å². The molecule has 2 amide bonds. The van der Waals surface area contributed by atoms with Crippen molar-refractivity contribution >= 4 is 11.8 Å². The molecule has 29 heavy (non-hydrogen) atoms. The van der Waals surface area contributed by atoms with Gasteiger partial charge in [-0.1, -0.05) is 18.2 Å². The smallest absolute Gasteiger partial charge is 0.240 e. The summed E-state index contributed by atoms with van der Waals surface area (Å²) in [5.41, 5.74) is 1.08. The molecule has 6 nitrogen and oxygen atoms in total. The normalized spacial score (nSPS) is 23.3. The molecule has 1 aromatic carbocycles. The predicted molar refractivity (Wildman–Crippen MR) is 112 cm³/mol. The van der Waals surface area contributed by atoms with Crippen molar-refractivity contribution in [1.82, 2.24) is 14.7 Å². The summed E-state index contributed by atoms with van der Waals surface area (Å²) >= 11 is 0. The van der Waals surface area contributed by atoms with Crippen LogP contribution in [0, 0.1) is 5.92 Å². The van der Waals surface area contributed by atoms with Crippen LogP contribution in [0.3, 0.4) is 0 Å². The van der Waals surface area contributed by atoms with Crippen molar-refractivity contribution in [2.24, 2.45) is 5.92 Å². The highest BCUT2D eigenvalue weighted by Crippen LogP contribution is 2.31. The number of carbonyl (C=O) groups is 2. The van der Waals surface area contributed by atoms with Crippen molar-refractivity contribution in [3.05, 3.63) is 29.8 Å². The van der Waals surface area contributed by atoms with Crippen LogP contribution in [-0.2, 0) is 16.0 Å². The van der Waals surface area contributed by atoms with Crippen LogP contribution in [0.4, 0.5) is 0 Å². The molecule has 2 heterocycles. The molecule has 0 spiro atoms. The second-order valence-electron chi connectivity index (χ2n) is 8.61. The third-order valence-electron chi connectivity index (χ3n) is 6.57. The van der Waals surface area contributed by atoms with Crippen molar-refractivity contribution in [1.29, 1.82) is 0 Å². The average Bonchev–Trinajstić information content (AvgIpc) is 3.53. The van der Waals surface area contributed by atoms with E-state index in [-0.39, 0.29) is 11.9 Å². The molecular weight excluding hydrogens is 366 g/mol. The van der Waals surface area contributed by atoms with Gasteiger partial charge in [-0.05, 0) is 49.7 Å². The van der Waals surface area contributed by atoms with E-state index >= 15 is 0 Å². The minimum Gasteiger partial charge on any atom is -0.496 e. The molecule has 0 unspecified atom stereocenters. The Morgan fingerprint density at radius 3 is 2.69 bits per heavy atom. The third-order valence-corrected chi connectivity index (χ3v) is 6.57. The van der Waals surface area contributed by atoms with E-state index in [1.165, 1.54) is 12.8 Å². The molecule has 2 aliphatic heterocycles. The van der Waals surface area contributed by atoms with Gasteiger partial charge < -0.3 is 14.5 Å². The zero-order valence-corrected chi connectivity index (χ0v) is 17.5. The number of carbonyl (C=O) groups excluding carboxylic acids is 2. The molecule has 4 rings (SSSR count). The van der Waals surface area contributed by atoms with Gasteiger partial charge in [0.25, 0.3) is 0 Å². The molecule has 158 valence electrons. The Labute approximate surface area is 173 Å². The standard InChI is InChI=1S/C23H33N3O3/c1-29-21-6-3-2-5-19(21)9-10-22(27)25-13-4-12-24(15-16-25)20-11-14-26(23(20)28)17-18-7-8-18/h2-3,5-6,18,20H,4,7-17H2,1H3/t20-/m0/s1. The predicted octanol–water partition coefficient (Wildman–Crippen LogP) is 2.17. The minimum atomic E-state index is 0.0254. The molecule has 2 saturated heterocycles. The van der Waals surface area contributed by atoms with E-state index in [2.05, 4.69) is 9.80 Å². The Hall–Kier alpha value is -2.08. The largest absolute Gasteiger partial charge is 0.496 e. The molecule has 3 aliphatic rings. The lowest BCUT2D eigenvalue weighted by atomic mass is 10.1. The number of methoxy groups -OCH3 is 1. The lowest BCUT2D eigenvalue weighted by Gasteiger charge is -2.26. The maximum Gasteiger partial charge on any atom is 0.240 e. The van der Waals surface area contributed by atoms with Gasteiger partial charge in [-0.15, -0.1) is 0 Å². The van der Waals surface area contributed by atoms with Crippen molar-refractivity contribution in [3.63, 3.8) is 0 Å². The number of hydrogen-bond acceptors (Lipinski definition) is 4. The van der Waals surface area contributed by atoms with Gasteiger partial charge in [-0.25, -0.2) is 0 Å². The summed E-state index contributed by atoms with van der Waals surface area (Å²) in [6.45, 7) is 5.07. The van der Waals surface area contributed by atoms with E-state index in [1.807, 2.05) is 29.2 Å². The number of hydrogen-bond donors (Lipinski definition) is 0. The Bertz CT molecular complexity index is 734. The highest BCUT2D eigenvalue weighted by Gasteiger charge is 2.38. The Morgan fingerprint density at radius 2 is 1.90 bits per heavy atom. The number of rotatable bonds is 7. The molecule has 6 heteroatoms. The van der Waals surface area contributed by atoms with Crippen LogP contribution in [0.15, 0.2) is 24.3 Å². The number of ether oxygens (including phenoxy) is 1. The van der Waals surface area contributed by atoms with Crippen LogP contribution in [0.25, 0.3) is 0 Å². The zero-order chi connectivity index (χ0) is 20.2. The number of aryl methyl sites for hydroxylation is 1. The summed E-state index contributed by atoms with van der Waals surface area (Å²) in [5.74, 6) is 2.11. The molecule has 0 bridgehead atoms. The van der Waals surface area contributed by atoms with Crippen molar-refractivity contribution in [2.75, 3.05) is 46.4 Å². The van der Waals surface area contributed by atoms with Crippen molar-refractivity contribution in [2.45, 2.75) is 44.6 Å². The minimum absolute atomic E-state index is 0.0254. The van der Waals surface area contributed by atoms with Crippen LogP contribution < -0.4 is 4.74 Å². The second-order valence-corrected chi connectivity index (χ2v) is 8.61. The molecule has 0 aromatic heterocycles. The van der Waals surface area contributed by atoms with Crippen molar-refractivity contribution < 1.29 is 14.3 Å². The van der Waals surface area contributed by atoms with Gasteiger partial charge in [-0.3, -0.25) is 14.5 Å². The molecule has 0 radical (unpaired) electrons. The first-order chi connectivity index (χ1) is 14.2. The molecule has 1 aliphatic carbocycles. The number of para-hydroxylation sites is 1. The lowest BCUT2D eigenvalue weighted by molar-refractivity contribution is -0.132. The highest BCUT2D eigenvalue weighted by atomic mass is 16.5. The first kappa shape index (κ1) is 20.2. The molecule has 1 saturated carbocycles. The fourth-order valence-corrected chi connectivity index (χ4v) is 4.66. The zero-order valence-electron chi connectivity index (χ0n) is 17.5. The van der Waals surface area contributed by atoms with Crippen molar-refractivity contribution in [3.8, 4) is 5.75 Å². The van der Waals surface area contributed by atoms with Gasteiger partial charge in [0.1, 0.15) is 5.75 Å². The Balaban J connectivity index is 1.27. The summed E-state index contributed by atoms with van der Waals surface area (Å²) < 4.78 is 5.39. The maximum absolute atomic E-state index is 12.8. The highest BCUT2D eigenvalue weighted by molar-refractivity contribution is 5.84. The monoisotopic (exact) mass is 399 g/mol. The molecule has 1 aromatic rings. The topological polar surface area (TPSA) is 53.1 Å². The lowest BCUT2D eigenvalue weighted by Crippen LogP contribution is -2.44. The Kier molecular flexibility index (Phi) is 6.38.